The van der Waals surface area contributed by atoms with Crippen LogP contribution in [0.2, 0.25) is 0 Å². The summed E-state index contributed by atoms with van der Waals surface area (Å²) < 4.78 is 0. The van der Waals surface area contributed by atoms with Crippen LogP contribution in [0, 0.1) is 6.92 Å². The third-order valence-electron chi connectivity index (χ3n) is 1.62. The minimum atomic E-state index is -0.0869. The van der Waals surface area contributed by atoms with Gasteiger partial charge in [0.1, 0.15) is 5.75 Å². The molecule has 0 aliphatic heterocycles. The lowest BCUT2D eigenvalue weighted by molar-refractivity contribution is 0.318. The molecule has 0 radical (unpaired) electrons. The Labute approximate surface area is 69.9 Å². The molecular weight excluding hydrogens is 156 g/mol. The zero-order valence-electron chi connectivity index (χ0n) is 6.65. The maximum absolute atomic E-state index is 9.43. The lowest BCUT2D eigenvalue weighted by atomic mass is 10.1. The van der Waals surface area contributed by atoms with E-state index in [0.29, 0.717) is 11.1 Å². The Balaban J connectivity index is 3.26. The van der Waals surface area contributed by atoms with Gasteiger partial charge < -0.3 is 16.0 Å². The fourth-order valence-corrected chi connectivity index (χ4v) is 0.920. The summed E-state index contributed by atoms with van der Waals surface area (Å²) in [5.74, 6) is -0.0380. The molecule has 0 unspecified atom stereocenters. The van der Waals surface area contributed by atoms with Gasteiger partial charge in [-0.15, -0.1) is 0 Å². The Morgan fingerprint density at radius 2 is 2.17 bits per heavy atom. The van der Waals surface area contributed by atoms with Crippen LogP contribution >= 0.6 is 0 Å². The van der Waals surface area contributed by atoms with Gasteiger partial charge >= 0.3 is 0 Å². The molecular formula is C8H10N2O2. The van der Waals surface area contributed by atoms with E-state index in [4.69, 9.17) is 10.9 Å². The van der Waals surface area contributed by atoms with E-state index < -0.39 is 0 Å². The normalized spacial score (nSPS) is 11.6. The second kappa shape index (κ2) is 3.13. The van der Waals surface area contributed by atoms with Crippen molar-refractivity contribution < 1.29 is 10.3 Å². The molecule has 12 heavy (non-hydrogen) atoms. The number of phenolic OH excluding ortho intramolecular Hbond substituents is 1. The number of hydrogen-bond donors (Lipinski definition) is 3. The number of aromatic hydroxyl groups is 1. The smallest absolute Gasteiger partial charge is 0.173 e. The predicted octanol–water partition coefficient (Wildman–Crippen LogP) is 0.795. The fraction of sp³-hybridized carbons (Fsp3) is 0.125. The summed E-state index contributed by atoms with van der Waals surface area (Å²) in [5.41, 5.74) is 6.34. The molecule has 4 nitrogen and oxygen atoms in total. The van der Waals surface area contributed by atoms with E-state index in [0.717, 1.165) is 0 Å². The second-order valence-electron chi connectivity index (χ2n) is 2.46. The number of amidine groups is 1. The maximum Gasteiger partial charge on any atom is 0.173 e. The van der Waals surface area contributed by atoms with Crippen molar-refractivity contribution in [1.29, 1.82) is 0 Å². The molecule has 0 amide bonds. The minimum Gasteiger partial charge on any atom is -0.507 e. The van der Waals surface area contributed by atoms with Crippen LogP contribution in [-0.4, -0.2) is 16.1 Å². The number of para-hydroxylation sites is 1. The first-order chi connectivity index (χ1) is 5.66. The first-order valence-electron chi connectivity index (χ1n) is 3.43. The molecule has 0 saturated carbocycles. The van der Waals surface area contributed by atoms with Crippen LogP contribution < -0.4 is 5.73 Å². The molecule has 0 fully saturated rings. The van der Waals surface area contributed by atoms with Gasteiger partial charge in [0.05, 0.1) is 5.56 Å². The first-order valence-corrected chi connectivity index (χ1v) is 3.43. The highest BCUT2D eigenvalue weighted by molar-refractivity contribution is 5.99. The predicted molar refractivity (Wildman–Crippen MR) is 45.4 cm³/mol. The first kappa shape index (κ1) is 8.39. The largest absolute Gasteiger partial charge is 0.507 e. The van der Waals surface area contributed by atoms with E-state index in [1.54, 1.807) is 25.1 Å². The van der Waals surface area contributed by atoms with Gasteiger partial charge in [-0.25, -0.2) is 0 Å². The van der Waals surface area contributed by atoms with E-state index in [-0.39, 0.29) is 11.6 Å². The summed E-state index contributed by atoms with van der Waals surface area (Å²) in [5, 5.41) is 20.6. The minimum absolute atomic E-state index is 0.0489. The standard InChI is InChI=1S/C8H10N2O2/c1-5-3-2-4-6(7(5)11)8(9)10-12/h2-4,11-12H,1H3,(H2,9,10). The van der Waals surface area contributed by atoms with Crippen LogP contribution in [0.25, 0.3) is 0 Å². The molecule has 0 atom stereocenters. The van der Waals surface area contributed by atoms with Gasteiger partial charge in [0.15, 0.2) is 5.84 Å². The SMILES string of the molecule is Cc1cccc(/C(N)=N/O)c1O. The molecule has 0 aromatic heterocycles. The number of benzene rings is 1. The van der Waals surface area contributed by atoms with E-state index in [9.17, 15) is 5.11 Å². The van der Waals surface area contributed by atoms with Gasteiger partial charge in [-0.2, -0.15) is 0 Å². The zero-order valence-corrected chi connectivity index (χ0v) is 6.65. The lowest BCUT2D eigenvalue weighted by Gasteiger charge is -2.03. The molecule has 1 rings (SSSR count). The van der Waals surface area contributed by atoms with Gasteiger partial charge in [-0.1, -0.05) is 17.3 Å². The summed E-state index contributed by atoms with van der Waals surface area (Å²) in [7, 11) is 0. The number of nitrogens with zero attached hydrogens (tertiary/aromatic N) is 1. The average Bonchev–Trinajstić information content (AvgIpc) is 2.08. The average molecular weight is 166 g/mol. The summed E-state index contributed by atoms with van der Waals surface area (Å²) in [6.45, 7) is 1.74. The van der Waals surface area contributed by atoms with Crippen molar-refractivity contribution in [2.45, 2.75) is 6.92 Å². The van der Waals surface area contributed by atoms with Crippen molar-refractivity contribution in [2.24, 2.45) is 10.9 Å². The van der Waals surface area contributed by atoms with Gasteiger partial charge in [-0.05, 0) is 18.6 Å². The Hall–Kier alpha value is -1.71. The Morgan fingerprint density at radius 3 is 2.75 bits per heavy atom. The number of rotatable bonds is 1. The summed E-state index contributed by atoms with van der Waals surface area (Å²) in [6, 6.07) is 5.04. The third-order valence-corrected chi connectivity index (χ3v) is 1.62. The summed E-state index contributed by atoms with van der Waals surface area (Å²) in [6.07, 6.45) is 0. The molecule has 4 heteroatoms. The number of nitrogens with two attached hydrogens (primary N) is 1. The van der Waals surface area contributed by atoms with E-state index in [2.05, 4.69) is 5.16 Å². The van der Waals surface area contributed by atoms with Gasteiger partial charge in [0.2, 0.25) is 0 Å². The van der Waals surface area contributed by atoms with Crippen molar-refractivity contribution in [3.05, 3.63) is 29.3 Å². The molecule has 0 spiro atoms. The zero-order chi connectivity index (χ0) is 9.14. The van der Waals surface area contributed by atoms with Gasteiger partial charge in [0, 0.05) is 0 Å². The summed E-state index contributed by atoms with van der Waals surface area (Å²) >= 11 is 0. The Bertz CT molecular complexity index is 321. The number of oxime groups is 1. The summed E-state index contributed by atoms with van der Waals surface area (Å²) in [4.78, 5) is 0. The number of phenols is 1. The van der Waals surface area contributed by atoms with E-state index in [1.165, 1.54) is 0 Å². The van der Waals surface area contributed by atoms with Crippen LogP contribution in [0.5, 0.6) is 5.75 Å². The molecule has 0 heterocycles. The van der Waals surface area contributed by atoms with Gasteiger partial charge in [0.25, 0.3) is 0 Å². The highest BCUT2D eigenvalue weighted by Crippen LogP contribution is 2.20. The van der Waals surface area contributed by atoms with Crippen molar-refractivity contribution >= 4 is 5.84 Å². The van der Waals surface area contributed by atoms with E-state index >= 15 is 0 Å². The molecule has 0 aliphatic rings. The highest BCUT2D eigenvalue weighted by Gasteiger charge is 2.06. The Morgan fingerprint density at radius 1 is 1.50 bits per heavy atom. The maximum atomic E-state index is 9.43. The third kappa shape index (κ3) is 1.32. The fourth-order valence-electron chi connectivity index (χ4n) is 0.920. The van der Waals surface area contributed by atoms with Crippen LogP contribution in [-0.2, 0) is 0 Å². The van der Waals surface area contributed by atoms with Crippen LogP contribution in [0.15, 0.2) is 23.4 Å². The lowest BCUT2D eigenvalue weighted by Crippen LogP contribution is -2.13. The monoisotopic (exact) mass is 166 g/mol. The molecule has 4 N–H and O–H groups in total. The van der Waals surface area contributed by atoms with Crippen molar-refractivity contribution in [2.75, 3.05) is 0 Å². The molecule has 0 bridgehead atoms. The molecule has 0 saturated heterocycles. The van der Waals surface area contributed by atoms with Gasteiger partial charge in [-0.3, -0.25) is 0 Å². The number of aryl methyl sites for hydroxylation is 1. The molecule has 1 aromatic carbocycles. The van der Waals surface area contributed by atoms with Crippen LogP contribution in [0.4, 0.5) is 0 Å². The van der Waals surface area contributed by atoms with E-state index in [1.807, 2.05) is 0 Å². The quantitative estimate of drug-likeness (QED) is 0.250. The second-order valence-corrected chi connectivity index (χ2v) is 2.46. The van der Waals surface area contributed by atoms with Crippen LogP contribution in [0.3, 0.4) is 0 Å². The van der Waals surface area contributed by atoms with Crippen molar-refractivity contribution in [1.82, 2.24) is 0 Å². The molecule has 0 aliphatic carbocycles. The highest BCUT2D eigenvalue weighted by atomic mass is 16.4. The molecule has 64 valence electrons. The van der Waals surface area contributed by atoms with Crippen molar-refractivity contribution in [3.63, 3.8) is 0 Å². The molecule has 1 aromatic rings. The van der Waals surface area contributed by atoms with Crippen LogP contribution in [0.1, 0.15) is 11.1 Å². The topological polar surface area (TPSA) is 78.8 Å². The Kier molecular flexibility index (Phi) is 2.19. The van der Waals surface area contributed by atoms with Crippen molar-refractivity contribution in [3.8, 4) is 5.75 Å². The number of hydrogen-bond acceptors (Lipinski definition) is 3.